The number of ether oxygens (including phenoxy) is 1. The fourth-order valence-electron chi connectivity index (χ4n) is 2.28. The highest BCUT2D eigenvalue weighted by atomic mass is 16.5. The minimum atomic E-state index is -0.289. The molecule has 0 aromatic rings. The minimum Gasteiger partial charge on any atom is -0.461 e. The molecule has 0 N–H and O–H groups in total. The van der Waals surface area contributed by atoms with Crippen LogP contribution in [0.5, 0.6) is 0 Å². The van der Waals surface area contributed by atoms with Gasteiger partial charge in [0.15, 0.2) is 0 Å². The Morgan fingerprint density at radius 3 is 2.40 bits per heavy atom. The number of carbonyl (C=O) groups excluding carboxylic acids is 1. The Bertz CT molecular complexity index is 237. The van der Waals surface area contributed by atoms with Crippen molar-refractivity contribution in [2.75, 3.05) is 6.61 Å². The van der Waals surface area contributed by atoms with E-state index in [0.29, 0.717) is 6.61 Å². The van der Waals surface area contributed by atoms with Gasteiger partial charge in [-0.2, -0.15) is 0 Å². The topological polar surface area (TPSA) is 26.3 Å². The third kappa shape index (κ3) is 2.95. The van der Waals surface area contributed by atoms with E-state index in [4.69, 9.17) is 4.74 Å². The number of hydrogen-bond acceptors (Lipinski definition) is 2. The maximum absolute atomic E-state index is 12.0. The Morgan fingerprint density at radius 1 is 1.20 bits per heavy atom. The molecule has 0 radical (unpaired) electrons. The molecule has 84 valence electrons. The Kier molecular flexibility index (Phi) is 4.60. The van der Waals surface area contributed by atoms with Crippen LogP contribution in [0, 0.1) is 5.41 Å². The van der Waals surface area contributed by atoms with Crippen LogP contribution in [-0.2, 0) is 9.53 Å². The Hall–Kier alpha value is -1.05. The van der Waals surface area contributed by atoms with Crippen molar-refractivity contribution in [3.05, 3.63) is 25.3 Å². The molecule has 0 amide bonds. The molecule has 15 heavy (non-hydrogen) atoms. The largest absolute Gasteiger partial charge is 0.461 e. The van der Waals surface area contributed by atoms with E-state index in [1.165, 1.54) is 6.42 Å². The van der Waals surface area contributed by atoms with Gasteiger partial charge in [0.05, 0.1) is 5.41 Å². The molecule has 0 aliphatic heterocycles. The van der Waals surface area contributed by atoms with Crippen molar-refractivity contribution in [3.63, 3.8) is 0 Å². The SMILES string of the molecule is C=CCOC(=O)C1(CC=C)CCCCC1. The maximum atomic E-state index is 12.0. The molecular formula is C13H20O2. The zero-order valence-electron chi connectivity index (χ0n) is 9.34. The van der Waals surface area contributed by atoms with Crippen LogP contribution in [0.4, 0.5) is 0 Å². The van der Waals surface area contributed by atoms with Gasteiger partial charge in [-0.25, -0.2) is 0 Å². The first-order valence-corrected chi connectivity index (χ1v) is 5.64. The van der Waals surface area contributed by atoms with E-state index < -0.39 is 0 Å². The molecule has 1 fully saturated rings. The lowest BCUT2D eigenvalue weighted by atomic mass is 9.72. The van der Waals surface area contributed by atoms with Gasteiger partial charge < -0.3 is 4.74 Å². The van der Waals surface area contributed by atoms with Crippen LogP contribution in [0.3, 0.4) is 0 Å². The molecule has 0 atom stereocenters. The average molecular weight is 208 g/mol. The van der Waals surface area contributed by atoms with E-state index >= 15 is 0 Å². The number of rotatable bonds is 5. The summed E-state index contributed by atoms with van der Waals surface area (Å²) in [6.45, 7) is 7.60. The molecule has 0 saturated heterocycles. The second-order valence-corrected chi connectivity index (χ2v) is 4.22. The molecule has 2 nitrogen and oxygen atoms in total. The summed E-state index contributed by atoms with van der Waals surface area (Å²) in [4.78, 5) is 12.0. The molecule has 0 spiro atoms. The molecule has 1 aliphatic carbocycles. The fourth-order valence-corrected chi connectivity index (χ4v) is 2.28. The lowest BCUT2D eigenvalue weighted by Crippen LogP contribution is -2.34. The van der Waals surface area contributed by atoms with Gasteiger partial charge in [0, 0.05) is 0 Å². The molecule has 1 saturated carbocycles. The van der Waals surface area contributed by atoms with E-state index in [1.54, 1.807) is 6.08 Å². The van der Waals surface area contributed by atoms with Gasteiger partial charge in [0.1, 0.15) is 6.61 Å². The highest BCUT2D eigenvalue weighted by Gasteiger charge is 2.39. The summed E-state index contributed by atoms with van der Waals surface area (Å²) < 4.78 is 5.18. The second-order valence-electron chi connectivity index (χ2n) is 4.22. The van der Waals surface area contributed by atoms with Crippen molar-refractivity contribution >= 4 is 5.97 Å². The molecule has 1 aliphatic rings. The quantitative estimate of drug-likeness (QED) is 0.512. The lowest BCUT2D eigenvalue weighted by molar-refractivity contribution is -0.156. The van der Waals surface area contributed by atoms with E-state index in [9.17, 15) is 4.79 Å². The third-order valence-corrected chi connectivity index (χ3v) is 3.11. The van der Waals surface area contributed by atoms with Crippen LogP contribution in [0.2, 0.25) is 0 Å². The van der Waals surface area contributed by atoms with Crippen molar-refractivity contribution < 1.29 is 9.53 Å². The first-order valence-electron chi connectivity index (χ1n) is 5.64. The summed E-state index contributed by atoms with van der Waals surface area (Å²) >= 11 is 0. The van der Waals surface area contributed by atoms with Crippen molar-refractivity contribution in [3.8, 4) is 0 Å². The summed E-state index contributed by atoms with van der Waals surface area (Å²) in [6, 6.07) is 0. The predicted octanol–water partition coefficient (Wildman–Crippen LogP) is 3.24. The number of allylic oxidation sites excluding steroid dienone is 1. The van der Waals surface area contributed by atoms with Crippen LogP contribution in [0.1, 0.15) is 38.5 Å². The Balaban J connectivity index is 2.65. The molecule has 0 aromatic heterocycles. The third-order valence-electron chi connectivity index (χ3n) is 3.11. The monoisotopic (exact) mass is 208 g/mol. The van der Waals surface area contributed by atoms with E-state index in [-0.39, 0.29) is 11.4 Å². The summed E-state index contributed by atoms with van der Waals surface area (Å²) in [5.41, 5.74) is -0.289. The second kappa shape index (κ2) is 5.74. The van der Waals surface area contributed by atoms with Crippen molar-refractivity contribution in [2.24, 2.45) is 5.41 Å². The fraction of sp³-hybridized carbons (Fsp3) is 0.615. The van der Waals surface area contributed by atoms with E-state index in [0.717, 1.165) is 32.1 Å². The van der Waals surface area contributed by atoms with Gasteiger partial charge in [-0.05, 0) is 19.3 Å². The molecule has 0 heterocycles. The summed E-state index contributed by atoms with van der Waals surface area (Å²) in [7, 11) is 0. The van der Waals surface area contributed by atoms with Gasteiger partial charge in [-0.3, -0.25) is 4.79 Å². The summed E-state index contributed by atoms with van der Waals surface area (Å²) in [5.74, 6) is -0.0676. The minimum absolute atomic E-state index is 0.0676. The van der Waals surface area contributed by atoms with Crippen LogP contribution < -0.4 is 0 Å². The van der Waals surface area contributed by atoms with Crippen LogP contribution in [0.25, 0.3) is 0 Å². The summed E-state index contributed by atoms with van der Waals surface area (Å²) in [5, 5.41) is 0. The zero-order chi connectivity index (χ0) is 11.1. The van der Waals surface area contributed by atoms with Gasteiger partial charge >= 0.3 is 5.97 Å². The highest BCUT2D eigenvalue weighted by Crippen LogP contribution is 2.40. The van der Waals surface area contributed by atoms with Gasteiger partial charge in [-0.1, -0.05) is 38.0 Å². The summed E-state index contributed by atoms with van der Waals surface area (Å²) in [6.07, 6.45) is 9.54. The first kappa shape index (κ1) is 12.0. The molecule has 2 heteroatoms. The Morgan fingerprint density at radius 2 is 1.87 bits per heavy atom. The number of esters is 1. The molecule has 0 aromatic carbocycles. The van der Waals surface area contributed by atoms with Crippen molar-refractivity contribution in [2.45, 2.75) is 38.5 Å². The smallest absolute Gasteiger partial charge is 0.312 e. The average Bonchev–Trinajstić information content (AvgIpc) is 2.27. The number of carbonyl (C=O) groups is 1. The standard InChI is InChI=1S/C13H20O2/c1-3-8-13(9-6-5-7-10-13)12(14)15-11-4-2/h3-4H,1-2,5-11H2. The van der Waals surface area contributed by atoms with Gasteiger partial charge in [0.2, 0.25) is 0 Å². The normalized spacial score (nSPS) is 19.2. The Labute approximate surface area is 92.0 Å². The van der Waals surface area contributed by atoms with Crippen LogP contribution in [0.15, 0.2) is 25.3 Å². The lowest BCUT2D eigenvalue weighted by Gasteiger charge is -2.33. The van der Waals surface area contributed by atoms with E-state index in [2.05, 4.69) is 13.2 Å². The van der Waals surface area contributed by atoms with Gasteiger partial charge in [-0.15, -0.1) is 6.58 Å². The highest BCUT2D eigenvalue weighted by molar-refractivity contribution is 5.77. The first-order chi connectivity index (χ1) is 7.25. The zero-order valence-corrected chi connectivity index (χ0v) is 9.34. The molecule has 1 rings (SSSR count). The van der Waals surface area contributed by atoms with Crippen LogP contribution >= 0.6 is 0 Å². The maximum Gasteiger partial charge on any atom is 0.312 e. The molecule has 0 bridgehead atoms. The van der Waals surface area contributed by atoms with Crippen molar-refractivity contribution in [1.29, 1.82) is 0 Å². The van der Waals surface area contributed by atoms with E-state index in [1.807, 2.05) is 6.08 Å². The molecular weight excluding hydrogens is 188 g/mol. The van der Waals surface area contributed by atoms with Crippen LogP contribution in [-0.4, -0.2) is 12.6 Å². The number of hydrogen-bond donors (Lipinski definition) is 0. The van der Waals surface area contributed by atoms with Crippen molar-refractivity contribution in [1.82, 2.24) is 0 Å². The predicted molar refractivity (Wildman–Crippen MR) is 61.5 cm³/mol. The molecule has 0 unspecified atom stereocenters. The van der Waals surface area contributed by atoms with Gasteiger partial charge in [0.25, 0.3) is 0 Å².